The molecule has 0 saturated carbocycles. The van der Waals surface area contributed by atoms with E-state index in [2.05, 4.69) is 10.2 Å². The normalized spacial score (nSPS) is 16.3. The van der Waals surface area contributed by atoms with Crippen molar-refractivity contribution < 1.29 is 9.90 Å². The lowest BCUT2D eigenvalue weighted by Gasteiger charge is -2.25. The van der Waals surface area contributed by atoms with Crippen LogP contribution in [0.5, 0.6) is 0 Å². The predicted molar refractivity (Wildman–Crippen MR) is 75.9 cm³/mol. The van der Waals surface area contributed by atoms with Crippen LogP contribution in [0.3, 0.4) is 0 Å². The molecule has 0 radical (unpaired) electrons. The molecule has 1 aromatic rings. The molecule has 0 spiro atoms. The topological polar surface area (TPSA) is 52.6 Å². The maximum atomic E-state index is 11.8. The van der Waals surface area contributed by atoms with E-state index in [0.29, 0.717) is 6.42 Å². The van der Waals surface area contributed by atoms with Crippen LogP contribution in [0.15, 0.2) is 24.3 Å². The largest absolute Gasteiger partial charge is 0.392 e. The van der Waals surface area contributed by atoms with Crippen molar-refractivity contribution in [2.24, 2.45) is 0 Å². The molecule has 4 heteroatoms. The van der Waals surface area contributed by atoms with Crippen molar-refractivity contribution in [1.82, 2.24) is 4.90 Å². The highest BCUT2D eigenvalue weighted by Gasteiger charge is 2.11. The number of anilines is 1. The van der Waals surface area contributed by atoms with Gasteiger partial charge in [-0.1, -0.05) is 18.6 Å². The van der Waals surface area contributed by atoms with Crippen molar-refractivity contribution >= 4 is 11.6 Å². The summed E-state index contributed by atoms with van der Waals surface area (Å²) in [7, 11) is 0. The SMILES string of the molecule is O=C(CCN1CCCCC1)Nc1ccc(CO)cc1. The van der Waals surface area contributed by atoms with Crippen LogP contribution in [0, 0.1) is 0 Å². The Hall–Kier alpha value is -1.39. The van der Waals surface area contributed by atoms with Crippen LogP contribution in [0.1, 0.15) is 31.2 Å². The molecule has 0 aliphatic carbocycles. The van der Waals surface area contributed by atoms with Gasteiger partial charge in [-0.05, 0) is 43.6 Å². The summed E-state index contributed by atoms with van der Waals surface area (Å²) in [6.07, 6.45) is 4.37. The summed E-state index contributed by atoms with van der Waals surface area (Å²) in [5.41, 5.74) is 1.65. The quantitative estimate of drug-likeness (QED) is 0.853. The molecule has 0 aromatic heterocycles. The van der Waals surface area contributed by atoms with E-state index < -0.39 is 0 Å². The molecule has 4 nitrogen and oxygen atoms in total. The number of benzene rings is 1. The van der Waals surface area contributed by atoms with Crippen molar-refractivity contribution in [1.29, 1.82) is 0 Å². The van der Waals surface area contributed by atoms with Gasteiger partial charge in [-0.3, -0.25) is 4.79 Å². The van der Waals surface area contributed by atoms with Gasteiger partial charge in [0.05, 0.1) is 6.61 Å². The maximum absolute atomic E-state index is 11.8. The second kappa shape index (κ2) is 7.26. The number of carbonyl (C=O) groups excluding carboxylic acids is 1. The van der Waals surface area contributed by atoms with E-state index in [0.717, 1.165) is 30.9 Å². The highest BCUT2D eigenvalue weighted by molar-refractivity contribution is 5.90. The lowest BCUT2D eigenvalue weighted by Crippen LogP contribution is -2.32. The molecule has 1 aliphatic heterocycles. The van der Waals surface area contributed by atoms with Crippen molar-refractivity contribution in [3.05, 3.63) is 29.8 Å². The number of hydrogen-bond donors (Lipinski definition) is 2. The Bertz CT molecular complexity index is 397. The summed E-state index contributed by atoms with van der Waals surface area (Å²) < 4.78 is 0. The zero-order chi connectivity index (χ0) is 13.5. The lowest BCUT2D eigenvalue weighted by atomic mass is 10.1. The van der Waals surface area contributed by atoms with E-state index in [1.165, 1.54) is 19.3 Å². The Morgan fingerprint density at radius 2 is 1.84 bits per heavy atom. The van der Waals surface area contributed by atoms with E-state index in [1.54, 1.807) is 0 Å². The predicted octanol–water partition coefficient (Wildman–Crippen LogP) is 1.99. The first-order chi connectivity index (χ1) is 9.28. The van der Waals surface area contributed by atoms with Crippen molar-refractivity contribution in [2.75, 3.05) is 25.0 Å². The highest BCUT2D eigenvalue weighted by Crippen LogP contribution is 2.11. The van der Waals surface area contributed by atoms with Gasteiger partial charge >= 0.3 is 0 Å². The zero-order valence-electron chi connectivity index (χ0n) is 11.3. The zero-order valence-corrected chi connectivity index (χ0v) is 11.3. The molecule has 1 aliphatic rings. The molecule has 1 heterocycles. The number of likely N-dealkylation sites (tertiary alicyclic amines) is 1. The molecule has 0 unspecified atom stereocenters. The number of nitrogens with zero attached hydrogens (tertiary/aromatic N) is 1. The summed E-state index contributed by atoms with van der Waals surface area (Å²) >= 11 is 0. The molecular formula is C15H22N2O2. The van der Waals surface area contributed by atoms with E-state index in [9.17, 15) is 4.79 Å². The first kappa shape index (κ1) is 14.0. The lowest BCUT2D eigenvalue weighted by molar-refractivity contribution is -0.116. The van der Waals surface area contributed by atoms with Gasteiger partial charge in [0.1, 0.15) is 0 Å². The Morgan fingerprint density at radius 3 is 2.47 bits per heavy atom. The van der Waals surface area contributed by atoms with Gasteiger partial charge in [-0.15, -0.1) is 0 Å². The van der Waals surface area contributed by atoms with Gasteiger partial charge < -0.3 is 15.3 Å². The number of amides is 1. The van der Waals surface area contributed by atoms with Crippen LogP contribution in [0.2, 0.25) is 0 Å². The van der Waals surface area contributed by atoms with Gasteiger partial charge in [0, 0.05) is 18.7 Å². The smallest absolute Gasteiger partial charge is 0.225 e. The molecule has 0 bridgehead atoms. The molecule has 0 atom stereocenters. The summed E-state index contributed by atoms with van der Waals surface area (Å²) in [4.78, 5) is 14.2. The van der Waals surface area contributed by atoms with Crippen LogP contribution in [-0.2, 0) is 11.4 Å². The summed E-state index contributed by atoms with van der Waals surface area (Å²) in [5.74, 6) is 0.0577. The number of carbonyl (C=O) groups is 1. The molecule has 1 saturated heterocycles. The molecule has 2 rings (SSSR count). The number of rotatable bonds is 5. The highest BCUT2D eigenvalue weighted by atomic mass is 16.3. The van der Waals surface area contributed by atoms with Crippen LogP contribution >= 0.6 is 0 Å². The Labute approximate surface area is 114 Å². The third-order valence-corrected chi connectivity index (χ3v) is 3.52. The second-order valence-corrected chi connectivity index (χ2v) is 5.06. The third kappa shape index (κ3) is 4.65. The summed E-state index contributed by atoms with van der Waals surface area (Å²) in [5, 5.41) is 11.8. The molecule has 1 fully saturated rings. The van der Waals surface area contributed by atoms with Gasteiger partial charge in [-0.25, -0.2) is 0 Å². The fraction of sp³-hybridized carbons (Fsp3) is 0.533. The number of aliphatic hydroxyl groups is 1. The summed E-state index contributed by atoms with van der Waals surface area (Å²) in [6.45, 7) is 3.13. The Kier molecular flexibility index (Phi) is 5.36. The molecule has 2 N–H and O–H groups in total. The second-order valence-electron chi connectivity index (χ2n) is 5.06. The number of nitrogens with one attached hydrogen (secondary N) is 1. The average Bonchev–Trinajstić information content (AvgIpc) is 2.47. The molecule has 1 amide bonds. The number of hydrogen-bond acceptors (Lipinski definition) is 3. The van der Waals surface area contributed by atoms with Gasteiger partial charge in [0.25, 0.3) is 0 Å². The van der Waals surface area contributed by atoms with E-state index in [-0.39, 0.29) is 12.5 Å². The van der Waals surface area contributed by atoms with Crippen molar-refractivity contribution in [2.45, 2.75) is 32.3 Å². The molecular weight excluding hydrogens is 240 g/mol. The third-order valence-electron chi connectivity index (χ3n) is 3.52. The number of aliphatic hydroxyl groups excluding tert-OH is 1. The minimum atomic E-state index is 0.0309. The first-order valence-electron chi connectivity index (χ1n) is 7.00. The van der Waals surface area contributed by atoms with Crippen LogP contribution < -0.4 is 5.32 Å². The van der Waals surface area contributed by atoms with E-state index >= 15 is 0 Å². The van der Waals surface area contributed by atoms with Crippen molar-refractivity contribution in [3.63, 3.8) is 0 Å². The first-order valence-corrected chi connectivity index (χ1v) is 7.00. The van der Waals surface area contributed by atoms with Gasteiger partial charge in [-0.2, -0.15) is 0 Å². The minimum absolute atomic E-state index is 0.0309. The fourth-order valence-corrected chi connectivity index (χ4v) is 2.36. The average molecular weight is 262 g/mol. The number of piperidine rings is 1. The van der Waals surface area contributed by atoms with Gasteiger partial charge in [0.15, 0.2) is 0 Å². The minimum Gasteiger partial charge on any atom is -0.392 e. The van der Waals surface area contributed by atoms with Crippen LogP contribution in [0.4, 0.5) is 5.69 Å². The maximum Gasteiger partial charge on any atom is 0.225 e. The Morgan fingerprint density at radius 1 is 1.16 bits per heavy atom. The summed E-state index contributed by atoms with van der Waals surface area (Å²) in [6, 6.07) is 7.29. The molecule has 19 heavy (non-hydrogen) atoms. The Balaban J connectivity index is 1.73. The van der Waals surface area contributed by atoms with Gasteiger partial charge in [0.2, 0.25) is 5.91 Å². The monoisotopic (exact) mass is 262 g/mol. The molecule has 104 valence electrons. The molecule has 1 aromatic carbocycles. The fourth-order valence-electron chi connectivity index (χ4n) is 2.36. The van der Waals surface area contributed by atoms with Crippen LogP contribution in [0.25, 0.3) is 0 Å². The van der Waals surface area contributed by atoms with Crippen molar-refractivity contribution in [3.8, 4) is 0 Å². The van der Waals surface area contributed by atoms with Crippen LogP contribution in [-0.4, -0.2) is 35.5 Å². The van der Waals surface area contributed by atoms with E-state index in [1.807, 2.05) is 24.3 Å². The standard InChI is InChI=1S/C15H22N2O2/c18-12-13-4-6-14(7-5-13)16-15(19)8-11-17-9-2-1-3-10-17/h4-7,18H,1-3,8-12H2,(H,16,19). The van der Waals surface area contributed by atoms with E-state index in [4.69, 9.17) is 5.11 Å².